The van der Waals surface area contributed by atoms with E-state index in [1.54, 1.807) is 6.92 Å². The minimum atomic E-state index is -1.06. The van der Waals surface area contributed by atoms with Gasteiger partial charge >= 0.3 is 41.6 Å². The van der Waals surface area contributed by atoms with Gasteiger partial charge in [0.2, 0.25) is 0 Å². The minimum Gasteiger partial charge on any atom is -0.550 e. The first-order valence-corrected chi connectivity index (χ1v) is 6.47. The minimum absolute atomic E-state index is 0. The maximum atomic E-state index is 11.3. The van der Waals surface area contributed by atoms with Crippen LogP contribution in [0.1, 0.15) is 32.6 Å². The zero-order chi connectivity index (χ0) is 15.4. The topological polar surface area (TPSA) is 108 Å². The number of nitrogens with one attached hydrogen (secondary N) is 2. The van der Waals surface area contributed by atoms with Crippen molar-refractivity contribution < 1.29 is 53.8 Å². The van der Waals surface area contributed by atoms with Crippen LogP contribution in [0, 0.1) is 0 Å². The van der Waals surface area contributed by atoms with E-state index < -0.39 is 11.9 Å². The molecule has 0 spiro atoms. The van der Waals surface area contributed by atoms with E-state index in [4.69, 9.17) is 4.74 Å². The zero-order valence-electron chi connectivity index (χ0n) is 12.7. The van der Waals surface area contributed by atoms with E-state index in [-0.39, 0.29) is 55.2 Å². The van der Waals surface area contributed by atoms with Crippen LogP contribution in [0.2, 0.25) is 0 Å². The molecule has 0 heterocycles. The second kappa shape index (κ2) is 13.9. The molecular weight excluding hydrogens is 287 g/mol. The van der Waals surface area contributed by atoms with E-state index >= 15 is 0 Å². The van der Waals surface area contributed by atoms with Crippen LogP contribution >= 0.6 is 0 Å². The molecule has 0 aromatic heterocycles. The van der Waals surface area contributed by atoms with Crippen molar-refractivity contribution in [2.45, 2.75) is 32.6 Å². The molecule has 0 atom stereocenters. The van der Waals surface area contributed by atoms with Gasteiger partial charge in [-0.05, 0) is 26.2 Å². The number of aliphatic carboxylic acids is 1. The maximum Gasteiger partial charge on any atom is 1.00 e. The second-order valence-corrected chi connectivity index (χ2v) is 4.28. The molecular formula is C13H21N2NaO5. The molecule has 2 N–H and O–H groups in total. The molecule has 8 heteroatoms. The third-order valence-corrected chi connectivity index (χ3v) is 2.31. The summed E-state index contributed by atoms with van der Waals surface area (Å²) in [5, 5.41) is 15.3. The molecule has 0 aliphatic carbocycles. The van der Waals surface area contributed by atoms with Crippen molar-refractivity contribution in [1.82, 2.24) is 10.6 Å². The van der Waals surface area contributed by atoms with Crippen molar-refractivity contribution in [3.05, 3.63) is 12.2 Å². The van der Waals surface area contributed by atoms with Crippen LogP contribution in [-0.2, 0) is 14.3 Å². The fourth-order valence-electron chi connectivity index (χ4n) is 1.27. The fraction of sp³-hybridized carbons (Fsp3) is 0.615. The molecule has 0 fully saturated rings. The van der Waals surface area contributed by atoms with E-state index in [9.17, 15) is 19.5 Å². The zero-order valence-corrected chi connectivity index (χ0v) is 14.7. The summed E-state index contributed by atoms with van der Waals surface area (Å²) in [6.07, 6.45) is 2.00. The number of carboxylic acid groups (broad SMARTS) is 1. The largest absolute Gasteiger partial charge is 1.00 e. The van der Waals surface area contributed by atoms with E-state index in [0.29, 0.717) is 31.4 Å². The van der Waals surface area contributed by atoms with Gasteiger partial charge in [-0.1, -0.05) is 13.0 Å². The molecule has 0 aromatic carbocycles. The van der Waals surface area contributed by atoms with Gasteiger partial charge in [0.05, 0.1) is 6.54 Å². The van der Waals surface area contributed by atoms with Gasteiger partial charge in [0.25, 0.3) is 0 Å². The Morgan fingerprint density at radius 2 is 1.71 bits per heavy atom. The van der Waals surface area contributed by atoms with Crippen molar-refractivity contribution >= 4 is 18.0 Å². The van der Waals surface area contributed by atoms with Gasteiger partial charge in [-0.3, -0.25) is 0 Å². The number of hydrogen-bond donors (Lipinski definition) is 2. The summed E-state index contributed by atoms with van der Waals surface area (Å²) in [7, 11) is 0. The van der Waals surface area contributed by atoms with E-state index in [2.05, 4.69) is 17.2 Å². The third-order valence-electron chi connectivity index (χ3n) is 2.31. The number of unbranched alkanes of at least 4 members (excludes halogenated alkanes) is 2. The predicted molar refractivity (Wildman–Crippen MR) is 70.6 cm³/mol. The summed E-state index contributed by atoms with van der Waals surface area (Å²) in [5.41, 5.74) is 0.311. The Morgan fingerprint density at radius 3 is 2.29 bits per heavy atom. The van der Waals surface area contributed by atoms with Crippen LogP contribution in [0.4, 0.5) is 4.79 Å². The molecule has 0 aliphatic heterocycles. The van der Waals surface area contributed by atoms with Crippen LogP contribution in [0.15, 0.2) is 12.2 Å². The molecule has 21 heavy (non-hydrogen) atoms. The predicted octanol–water partition coefficient (Wildman–Crippen LogP) is -3.28. The molecule has 0 unspecified atom stereocenters. The molecule has 0 bridgehead atoms. The van der Waals surface area contributed by atoms with E-state index in [1.165, 1.54) is 0 Å². The molecule has 2 amide bonds. The maximum absolute atomic E-state index is 11.3. The Hall–Kier alpha value is -1.05. The number of urea groups is 1. The first kappa shape index (κ1) is 22.2. The summed E-state index contributed by atoms with van der Waals surface area (Å²) in [5.74, 6) is -1.54. The number of ether oxygens (including phenoxy) is 1. The Kier molecular flexibility index (Phi) is 14.7. The first-order chi connectivity index (χ1) is 9.43. The van der Waals surface area contributed by atoms with Gasteiger partial charge in [-0.2, -0.15) is 0 Å². The summed E-state index contributed by atoms with van der Waals surface area (Å²) in [4.78, 5) is 32.4. The SMILES string of the molecule is C=C(C)C(=O)OCCNC(=O)NCCCCCC(=O)[O-].[Na+]. The van der Waals surface area contributed by atoms with Crippen LogP contribution in [0.25, 0.3) is 0 Å². The van der Waals surface area contributed by atoms with Gasteiger partial charge < -0.3 is 25.3 Å². The summed E-state index contributed by atoms with van der Waals surface area (Å²) < 4.78 is 4.79. The van der Waals surface area contributed by atoms with Gasteiger partial charge in [-0.15, -0.1) is 0 Å². The Morgan fingerprint density at radius 1 is 1.10 bits per heavy atom. The van der Waals surface area contributed by atoms with Crippen LogP contribution in [0.3, 0.4) is 0 Å². The molecule has 7 nitrogen and oxygen atoms in total. The van der Waals surface area contributed by atoms with Crippen LogP contribution < -0.4 is 45.3 Å². The monoisotopic (exact) mass is 308 g/mol. The molecule has 0 aromatic rings. The van der Waals surface area contributed by atoms with E-state index in [0.717, 1.165) is 0 Å². The molecule has 114 valence electrons. The van der Waals surface area contributed by atoms with E-state index in [1.807, 2.05) is 0 Å². The normalized spacial score (nSPS) is 9.19. The van der Waals surface area contributed by atoms with Gasteiger partial charge in [0.15, 0.2) is 0 Å². The number of amides is 2. The van der Waals surface area contributed by atoms with Gasteiger partial charge in [0.1, 0.15) is 6.61 Å². The Labute approximate surface area is 146 Å². The Bertz CT molecular complexity index is 360. The van der Waals surface area contributed by atoms with Crippen LogP contribution in [-0.4, -0.2) is 37.7 Å². The third kappa shape index (κ3) is 15.2. The molecule has 0 rings (SSSR count). The van der Waals surface area contributed by atoms with Gasteiger partial charge in [0, 0.05) is 18.1 Å². The summed E-state index contributed by atoms with van der Waals surface area (Å²) >= 11 is 0. The van der Waals surface area contributed by atoms with Crippen molar-refractivity contribution in [2.75, 3.05) is 19.7 Å². The van der Waals surface area contributed by atoms with Crippen molar-refractivity contribution in [3.63, 3.8) is 0 Å². The molecule has 0 saturated carbocycles. The second-order valence-electron chi connectivity index (χ2n) is 4.28. The number of hydrogen-bond acceptors (Lipinski definition) is 5. The number of carboxylic acids is 1. The molecule has 0 saturated heterocycles. The average Bonchev–Trinajstić information content (AvgIpc) is 2.37. The first-order valence-electron chi connectivity index (χ1n) is 6.47. The number of esters is 1. The van der Waals surface area contributed by atoms with Crippen molar-refractivity contribution in [2.24, 2.45) is 0 Å². The van der Waals surface area contributed by atoms with Crippen molar-refractivity contribution in [1.29, 1.82) is 0 Å². The summed E-state index contributed by atoms with van der Waals surface area (Å²) in [6.45, 7) is 5.74. The quantitative estimate of drug-likeness (QED) is 0.190. The average molecular weight is 308 g/mol. The smallest absolute Gasteiger partial charge is 0.550 e. The van der Waals surface area contributed by atoms with Crippen LogP contribution in [0.5, 0.6) is 0 Å². The number of carbonyl (C=O) groups is 3. The van der Waals surface area contributed by atoms with Crippen molar-refractivity contribution in [3.8, 4) is 0 Å². The number of rotatable bonds is 10. The molecule has 0 radical (unpaired) electrons. The Balaban J connectivity index is 0. The standard InChI is InChI=1S/C13H22N2O5.Na/c1-10(2)12(18)20-9-8-15-13(19)14-7-5-3-4-6-11(16)17;/h1,3-9H2,2H3,(H,16,17)(H2,14,15,19);/q;+1/p-1. The number of carbonyl (C=O) groups excluding carboxylic acids is 3. The fourth-order valence-corrected chi connectivity index (χ4v) is 1.27. The van der Waals surface area contributed by atoms with Gasteiger partial charge in [-0.25, -0.2) is 9.59 Å². The summed E-state index contributed by atoms with van der Waals surface area (Å²) in [6, 6.07) is -0.351. The molecule has 0 aliphatic rings.